The Kier molecular flexibility index (Phi) is 6.26. The molecule has 1 amide bonds. The first-order valence-electron chi connectivity index (χ1n) is 10.7. The molecule has 1 aromatic heterocycles. The number of benzene rings is 2. The van der Waals surface area contributed by atoms with Crippen molar-refractivity contribution in [2.45, 2.75) is 39.3 Å². The van der Waals surface area contributed by atoms with Crippen LogP contribution in [0, 0.1) is 13.8 Å². The second-order valence-corrected chi connectivity index (χ2v) is 8.94. The number of halogens is 1. The van der Waals surface area contributed by atoms with Crippen LogP contribution in [0.2, 0.25) is 5.02 Å². The van der Waals surface area contributed by atoms with E-state index in [9.17, 15) is 4.79 Å². The van der Waals surface area contributed by atoms with Crippen LogP contribution in [-0.4, -0.2) is 44.2 Å². The van der Waals surface area contributed by atoms with E-state index in [0.29, 0.717) is 29.5 Å². The highest BCUT2D eigenvalue weighted by molar-refractivity contribution is 6.32. The van der Waals surface area contributed by atoms with Crippen molar-refractivity contribution in [3.05, 3.63) is 63.9 Å². The average Bonchev–Trinajstić information content (AvgIpc) is 3.36. The molecule has 6 heteroatoms. The van der Waals surface area contributed by atoms with Crippen LogP contribution in [0.1, 0.15) is 40.1 Å². The van der Waals surface area contributed by atoms with Crippen molar-refractivity contribution in [1.29, 1.82) is 0 Å². The van der Waals surface area contributed by atoms with Crippen LogP contribution >= 0.6 is 11.6 Å². The molecule has 164 valence electrons. The number of nitrogens with zero attached hydrogens (tertiary/aromatic N) is 2. The topological polar surface area (TPSA) is 45.9 Å². The van der Waals surface area contributed by atoms with Crippen molar-refractivity contribution in [3.63, 3.8) is 0 Å². The summed E-state index contributed by atoms with van der Waals surface area (Å²) in [6.07, 6.45) is 2.06. The van der Waals surface area contributed by atoms with Crippen molar-refractivity contribution in [2.24, 2.45) is 0 Å². The molecule has 31 heavy (non-hydrogen) atoms. The van der Waals surface area contributed by atoms with Gasteiger partial charge in [-0.15, -0.1) is 0 Å². The van der Waals surface area contributed by atoms with E-state index in [0.717, 1.165) is 47.2 Å². The van der Waals surface area contributed by atoms with Crippen molar-refractivity contribution in [3.8, 4) is 0 Å². The van der Waals surface area contributed by atoms with Crippen LogP contribution < -0.4 is 4.90 Å². The smallest absolute Gasteiger partial charge is 0.290 e. The van der Waals surface area contributed by atoms with Gasteiger partial charge in [-0.1, -0.05) is 23.7 Å². The number of fused-ring (bicyclic) bond motifs is 1. The highest BCUT2D eigenvalue weighted by Crippen LogP contribution is 2.31. The van der Waals surface area contributed by atoms with Gasteiger partial charge in [-0.2, -0.15) is 0 Å². The summed E-state index contributed by atoms with van der Waals surface area (Å²) in [4.78, 5) is 17.5. The first-order chi connectivity index (χ1) is 14.8. The summed E-state index contributed by atoms with van der Waals surface area (Å²) < 4.78 is 11.9. The Bertz CT molecular complexity index is 1080. The van der Waals surface area contributed by atoms with Crippen LogP contribution in [0.5, 0.6) is 0 Å². The monoisotopic (exact) mass is 440 g/mol. The molecule has 1 fully saturated rings. The normalized spacial score (nSPS) is 16.1. The molecule has 1 aliphatic rings. The Morgan fingerprint density at radius 2 is 1.90 bits per heavy atom. The maximum absolute atomic E-state index is 13.6. The molecule has 2 aromatic carbocycles. The number of aryl methyl sites for hydroxylation is 2. The summed E-state index contributed by atoms with van der Waals surface area (Å²) in [7, 11) is 4.03. The lowest BCUT2D eigenvalue weighted by atomic mass is 10.1. The van der Waals surface area contributed by atoms with Crippen molar-refractivity contribution >= 4 is 34.2 Å². The number of furan rings is 1. The van der Waals surface area contributed by atoms with Gasteiger partial charge in [-0.05, 0) is 62.1 Å². The predicted molar refractivity (Wildman–Crippen MR) is 125 cm³/mol. The largest absolute Gasteiger partial charge is 0.451 e. The minimum atomic E-state index is -0.116. The zero-order valence-corrected chi connectivity index (χ0v) is 19.3. The first-order valence-corrected chi connectivity index (χ1v) is 11.1. The number of amides is 1. The number of carbonyl (C=O) groups excluding carboxylic acids is 1. The van der Waals surface area contributed by atoms with Crippen LogP contribution in [0.4, 0.5) is 5.69 Å². The van der Waals surface area contributed by atoms with Crippen molar-refractivity contribution < 1.29 is 13.9 Å². The maximum Gasteiger partial charge on any atom is 0.290 e. The second kappa shape index (κ2) is 8.93. The number of hydrogen-bond donors (Lipinski definition) is 0. The molecule has 4 rings (SSSR count). The molecule has 1 aliphatic heterocycles. The fourth-order valence-corrected chi connectivity index (χ4v) is 4.23. The number of hydrogen-bond acceptors (Lipinski definition) is 4. The fraction of sp³-hybridized carbons (Fsp3) is 0.400. The molecule has 0 saturated carbocycles. The average molecular weight is 441 g/mol. The maximum atomic E-state index is 13.6. The minimum Gasteiger partial charge on any atom is -0.451 e. The third-order valence-electron chi connectivity index (χ3n) is 5.97. The van der Waals surface area contributed by atoms with Gasteiger partial charge in [0.25, 0.3) is 5.91 Å². The summed E-state index contributed by atoms with van der Waals surface area (Å²) in [5.41, 5.74) is 4.64. The Hall–Kier alpha value is -2.50. The standard InChI is InChI=1S/C25H29ClN2O3/c1-16-12-23-21(13-22(16)26)17(2)24(31-23)25(29)28(15-20-6-5-11-30-20)14-18-7-9-19(10-8-18)27(3)4/h7-10,12-13,20H,5-6,11,14-15H2,1-4H3/t20-/m0/s1. The summed E-state index contributed by atoms with van der Waals surface area (Å²) in [5.74, 6) is 0.259. The first kappa shape index (κ1) is 21.7. The van der Waals surface area contributed by atoms with Crippen LogP contribution in [0.15, 0.2) is 40.8 Å². The lowest BCUT2D eigenvalue weighted by Crippen LogP contribution is -2.37. The molecule has 2 heterocycles. The third-order valence-corrected chi connectivity index (χ3v) is 6.38. The summed E-state index contributed by atoms with van der Waals surface area (Å²) >= 11 is 6.31. The molecular formula is C25H29ClN2O3. The van der Waals surface area contributed by atoms with Gasteiger partial charge in [0.2, 0.25) is 0 Å². The molecule has 0 spiro atoms. The van der Waals surface area contributed by atoms with Crippen LogP contribution in [-0.2, 0) is 11.3 Å². The van der Waals surface area contributed by atoms with Crippen LogP contribution in [0.25, 0.3) is 11.0 Å². The quantitative estimate of drug-likeness (QED) is 0.501. The van der Waals surface area contributed by atoms with E-state index in [1.54, 1.807) is 0 Å². The van der Waals surface area contributed by atoms with E-state index in [1.807, 2.05) is 45.0 Å². The molecule has 0 N–H and O–H groups in total. The van der Waals surface area contributed by atoms with E-state index in [4.69, 9.17) is 20.8 Å². The van der Waals surface area contributed by atoms with Gasteiger partial charge in [0.1, 0.15) is 5.58 Å². The predicted octanol–water partition coefficient (Wildman–Crippen LogP) is 5.59. The van der Waals surface area contributed by atoms with Gasteiger partial charge in [0.05, 0.1) is 6.10 Å². The Morgan fingerprint density at radius 3 is 2.55 bits per heavy atom. The highest BCUT2D eigenvalue weighted by Gasteiger charge is 2.28. The number of rotatable bonds is 6. The molecule has 0 aliphatic carbocycles. The van der Waals surface area contributed by atoms with Crippen molar-refractivity contribution in [1.82, 2.24) is 4.90 Å². The van der Waals surface area contributed by atoms with Gasteiger partial charge in [0, 0.05) is 55.5 Å². The van der Waals surface area contributed by atoms with Gasteiger partial charge in [0.15, 0.2) is 5.76 Å². The minimum absolute atomic E-state index is 0.0615. The molecule has 1 atom stereocenters. The van der Waals surface area contributed by atoms with E-state index in [2.05, 4.69) is 29.2 Å². The Labute approximate surface area is 188 Å². The fourth-order valence-electron chi connectivity index (χ4n) is 4.06. The molecular weight excluding hydrogens is 412 g/mol. The molecule has 0 radical (unpaired) electrons. The van der Waals surface area contributed by atoms with Gasteiger partial charge in [-0.25, -0.2) is 0 Å². The summed E-state index contributed by atoms with van der Waals surface area (Å²) in [5, 5.41) is 1.55. The zero-order valence-electron chi connectivity index (χ0n) is 18.6. The number of anilines is 1. The van der Waals surface area contributed by atoms with Gasteiger partial charge >= 0.3 is 0 Å². The van der Waals surface area contributed by atoms with E-state index in [1.165, 1.54) is 0 Å². The molecule has 5 nitrogen and oxygen atoms in total. The van der Waals surface area contributed by atoms with E-state index >= 15 is 0 Å². The summed E-state index contributed by atoms with van der Waals surface area (Å²) in [6.45, 7) is 5.65. The second-order valence-electron chi connectivity index (χ2n) is 8.54. The molecule has 3 aromatic rings. The SMILES string of the molecule is Cc1cc2oc(C(=O)N(Cc3ccc(N(C)C)cc3)C[C@@H]3CCCO3)c(C)c2cc1Cl. The molecule has 1 saturated heterocycles. The highest BCUT2D eigenvalue weighted by atomic mass is 35.5. The lowest BCUT2D eigenvalue weighted by Gasteiger charge is -2.25. The summed E-state index contributed by atoms with van der Waals surface area (Å²) in [6, 6.07) is 12.1. The molecule has 0 bridgehead atoms. The number of ether oxygens (including phenoxy) is 1. The van der Waals surface area contributed by atoms with Gasteiger partial charge in [-0.3, -0.25) is 4.79 Å². The molecule has 0 unspecified atom stereocenters. The Balaban J connectivity index is 1.64. The van der Waals surface area contributed by atoms with Crippen LogP contribution in [0.3, 0.4) is 0 Å². The number of carbonyl (C=O) groups is 1. The van der Waals surface area contributed by atoms with Gasteiger partial charge < -0.3 is 19.0 Å². The zero-order chi connectivity index (χ0) is 22.1. The van der Waals surface area contributed by atoms with E-state index < -0.39 is 0 Å². The third kappa shape index (κ3) is 4.58. The Morgan fingerprint density at radius 1 is 1.16 bits per heavy atom. The van der Waals surface area contributed by atoms with Crippen molar-refractivity contribution in [2.75, 3.05) is 32.1 Å². The lowest BCUT2D eigenvalue weighted by molar-refractivity contribution is 0.0485. The van der Waals surface area contributed by atoms with E-state index in [-0.39, 0.29) is 12.0 Å².